The first kappa shape index (κ1) is 24.2. The fraction of sp³-hybridized carbons (Fsp3) is 0.414. The van der Waals surface area contributed by atoms with Crippen LogP contribution in [0.2, 0.25) is 0 Å². The molecule has 1 heterocycles. The van der Waals surface area contributed by atoms with Crippen molar-refractivity contribution in [2.75, 3.05) is 13.2 Å². The van der Waals surface area contributed by atoms with Crippen LogP contribution in [0.5, 0.6) is 5.75 Å². The average molecular weight is 463 g/mol. The molecule has 2 aromatic carbocycles. The fourth-order valence-electron chi connectivity index (χ4n) is 5.43. The van der Waals surface area contributed by atoms with Gasteiger partial charge < -0.3 is 19.7 Å². The van der Waals surface area contributed by atoms with E-state index in [1.165, 1.54) is 5.56 Å². The first-order valence-corrected chi connectivity index (χ1v) is 12.2. The van der Waals surface area contributed by atoms with Crippen molar-refractivity contribution >= 4 is 5.97 Å². The second-order valence-electron chi connectivity index (χ2n) is 9.33. The number of benzene rings is 2. The quantitative estimate of drug-likeness (QED) is 0.337. The number of fused-ring (bicyclic) bond motifs is 2. The molecule has 0 aromatic heterocycles. The summed E-state index contributed by atoms with van der Waals surface area (Å²) in [6, 6.07) is 20.1. The summed E-state index contributed by atoms with van der Waals surface area (Å²) < 4.78 is 11.9. The number of rotatable bonds is 12. The van der Waals surface area contributed by atoms with Crippen molar-refractivity contribution in [1.82, 2.24) is 0 Å². The Hall–Kier alpha value is -2.89. The van der Waals surface area contributed by atoms with E-state index in [1.54, 1.807) is 0 Å². The van der Waals surface area contributed by atoms with Gasteiger partial charge >= 0.3 is 5.97 Å². The number of unbranched alkanes of at least 4 members (excludes halogenated alkanes) is 1. The predicted octanol–water partition coefficient (Wildman–Crippen LogP) is 5.16. The van der Waals surface area contributed by atoms with Crippen LogP contribution in [0.15, 0.2) is 85.0 Å². The van der Waals surface area contributed by atoms with Crippen molar-refractivity contribution in [3.8, 4) is 5.75 Å². The number of hydrogen-bond donors (Lipinski definition) is 2. The Morgan fingerprint density at radius 2 is 1.85 bits per heavy atom. The van der Waals surface area contributed by atoms with E-state index in [1.807, 2.05) is 42.5 Å². The Morgan fingerprint density at radius 1 is 1.12 bits per heavy atom. The molecule has 34 heavy (non-hydrogen) atoms. The number of ether oxygens (including phenoxy) is 2. The maximum atomic E-state index is 10.7. The summed E-state index contributed by atoms with van der Waals surface area (Å²) in [4.78, 5) is 10.7. The highest BCUT2D eigenvalue weighted by Crippen LogP contribution is 2.56. The molecule has 5 atom stereocenters. The van der Waals surface area contributed by atoms with Gasteiger partial charge in [0.1, 0.15) is 18.5 Å². The standard InChI is InChI=1S/C29H34O5/c30-23(20-33-24-13-7-4-8-14-24)17-18-25-26(15-9-1-2-10-16-28(31)32)29(19-27(25)34-21-29)22-11-5-3-6-12-22/h1,3-9,11-14,17-18,23,25-27,30H,2,10,15-16,19-21H2,(H,31,32)/b9-1-,18-17+/t23-,25+,26+,27+,29+/m0/s1. The molecule has 2 aromatic rings. The lowest BCUT2D eigenvalue weighted by molar-refractivity contribution is -0.137. The predicted molar refractivity (Wildman–Crippen MR) is 132 cm³/mol. The largest absolute Gasteiger partial charge is 0.491 e. The van der Waals surface area contributed by atoms with E-state index >= 15 is 0 Å². The monoisotopic (exact) mass is 462 g/mol. The van der Waals surface area contributed by atoms with Crippen molar-refractivity contribution in [3.05, 3.63) is 90.5 Å². The summed E-state index contributed by atoms with van der Waals surface area (Å²) in [6.45, 7) is 0.917. The van der Waals surface area contributed by atoms with E-state index in [2.05, 4.69) is 42.5 Å². The number of allylic oxidation sites excluding steroid dienone is 2. The molecule has 2 bridgehead atoms. The highest BCUT2D eigenvalue weighted by molar-refractivity contribution is 5.66. The fourth-order valence-corrected chi connectivity index (χ4v) is 5.43. The van der Waals surface area contributed by atoms with Crippen LogP contribution in [0.1, 0.15) is 37.7 Å². The molecule has 5 heteroatoms. The van der Waals surface area contributed by atoms with Crippen LogP contribution in [-0.4, -0.2) is 41.6 Å². The van der Waals surface area contributed by atoms with Gasteiger partial charge in [-0.25, -0.2) is 0 Å². The molecule has 0 amide bonds. The number of aliphatic carboxylic acids is 1. The average Bonchev–Trinajstić information content (AvgIpc) is 3.43. The van der Waals surface area contributed by atoms with Crippen LogP contribution in [0, 0.1) is 11.8 Å². The molecular weight excluding hydrogens is 428 g/mol. The van der Waals surface area contributed by atoms with E-state index in [-0.39, 0.29) is 30.5 Å². The molecule has 0 radical (unpaired) electrons. The van der Waals surface area contributed by atoms with E-state index in [0.29, 0.717) is 18.9 Å². The number of carboxylic acid groups (broad SMARTS) is 1. The number of carboxylic acids is 1. The van der Waals surface area contributed by atoms with Crippen molar-refractivity contribution < 1.29 is 24.5 Å². The molecule has 2 aliphatic rings. The van der Waals surface area contributed by atoms with E-state index in [4.69, 9.17) is 14.6 Å². The number of para-hydroxylation sites is 1. The summed E-state index contributed by atoms with van der Waals surface area (Å²) in [7, 11) is 0. The molecule has 1 saturated heterocycles. The van der Waals surface area contributed by atoms with Gasteiger partial charge in [0.05, 0.1) is 12.7 Å². The molecule has 5 nitrogen and oxygen atoms in total. The minimum atomic E-state index is -0.748. The van der Waals surface area contributed by atoms with Crippen molar-refractivity contribution in [2.24, 2.45) is 11.8 Å². The van der Waals surface area contributed by atoms with E-state index in [0.717, 1.165) is 25.0 Å². The lowest BCUT2D eigenvalue weighted by Crippen LogP contribution is -2.39. The number of aliphatic hydroxyl groups is 1. The number of hydrogen-bond acceptors (Lipinski definition) is 4. The van der Waals surface area contributed by atoms with Gasteiger partial charge in [-0.05, 0) is 49.3 Å². The molecule has 2 fully saturated rings. The third kappa shape index (κ3) is 5.78. The molecule has 180 valence electrons. The van der Waals surface area contributed by atoms with Crippen LogP contribution in [0.4, 0.5) is 0 Å². The van der Waals surface area contributed by atoms with Gasteiger partial charge in [0.15, 0.2) is 0 Å². The summed E-state index contributed by atoms with van der Waals surface area (Å²) in [5.74, 6) is 0.542. The second-order valence-corrected chi connectivity index (χ2v) is 9.33. The van der Waals surface area contributed by atoms with Gasteiger partial charge in [-0.1, -0.05) is 72.8 Å². The van der Waals surface area contributed by atoms with Gasteiger partial charge in [-0.15, -0.1) is 0 Å². The molecular formula is C29H34O5. The lowest BCUT2D eigenvalue weighted by Gasteiger charge is -2.38. The number of aliphatic hydroxyl groups excluding tert-OH is 1. The van der Waals surface area contributed by atoms with Gasteiger partial charge in [-0.3, -0.25) is 4.79 Å². The smallest absolute Gasteiger partial charge is 0.303 e. The van der Waals surface area contributed by atoms with Crippen LogP contribution in [0.3, 0.4) is 0 Å². The molecule has 1 aliphatic carbocycles. The summed E-state index contributed by atoms with van der Waals surface area (Å²) in [6.07, 6.45) is 11.2. The minimum absolute atomic E-state index is 0.0438. The van der Waals surface area contributed by atoms with Gasteiger partial charge in [0, 0.05) is 17.8 Å². The Labute approximate surface area is 201 Å². The second kappa shape index (κ2) is 11.5. The minimum Gasteiger partial charge on any atom is -0.491 e. The maximum Gasteiger partial charge on any atom is 0.303 e. The first-order chi connectivity index (χ1) is 16.6. The molecule has 2 N–H and O–H groups in total. The topological polar surface area (TPSA) is 76.0 Å². The normalized spacial score (nSPS) is 26.9. The zero-order valence-corrected chi connectivity index (χ0v) is 19.5. The Morgan fingerprint density at radius 3 is 2.59 bits per heavy atom. The van der Waals surface area contributed by atoms with E-state index in [9.17, 15) is 9.90 Å². The molecule has 1 saturated carbocycles. The van der Waals surface area contributed by atoms with Crippen molar-refractivity contribution in [2.45, 2.75) is 49.7 Å². The van der Waals surface area contributed by atoms with Crippen LogP contribution in [-0.2, 0) is 14.9 Å². The summed E-state index contributed by atoms with van der Waals surface area (Å²) >= 11 is 0. The summed E-state index contributed by atoms with van der Waals surface area (Å²) in [5.41, 5.74) is 1.27. The molecule has 4 rings (SSSR count). The highest BCUT2D eigenvalue weighted by Gasteiger charge is 2.58. The van der Waals surface area contributed by atoms with Gasteiger partial charge in [-0.2, -0.15) is 0 Å². The Balaban J connectivity index is 1.44. The number of carbonyl (C=O) groups is 1. The first-order valence-electron chi connectivity index (χ1n) is 12.2. The zero-order valence-electron chi connectivity index (χ0n) is 19.5. The lowest BCUT2D eigenvalue weighted by atomic mass is 9.69. The zero-order chi connectivity index (χ0) is 23.8. The molecule has 0 spiro atoms. The van der Waals surface area contributed by atoms with Crippen LogP contribution in [0.25, 0.3) is 0 Å². The van der Waals surface area contributed by atoms with Gasteiger partial charge in [0.2, 0.25) is 0 Å². The van der Waals surface area contributed by atoms with E-state index < -0.39 is 12.1 Å². The van der Waals surface area contributed by atoms with Crippen molar-refractivity contribution in [1.29, 1.82) is 0 Å². The Bertz CT molecular complexity index is 971. The Kier molecular flexibility index (Phi) is 8.20. The van der Waals surface area contributed by atoms with Crippen LogP contribution < -0.4 is 4.74 Å². The highest BCUT2D eigenvalue weighted by atomic mass is 16.5. The van der Waals surface area contributed by atoms with Crippen molar-refractivity contribution in [3.63, 3.8) is 0 Å². The third-order valence-corrected chi connectivity index (χ3v) is 7.11. The maximum absolute atomic E-state index is 10.7. The molecule has 0 unspecified atom stereocenters. The SMILES string of the molecule is O=C(O)CCC/C=C\C[C@@H]1[C@@H](/C=C/[C@H](O)COc2ccccc2)[C@H]2C[C@]1(c1ccccc1)CO2. The summed E-state index contributed by atoms with van der Waals surface area (Å²) in [5, 5.41) is 19.4. The third-order valence-electron chi connectivity index (χ3n) is 7.11. The van der Waals surface area contributed by atoms with Crippen LogP contribution >= 0.6 is 0 Å². The van der Waals surface area contributed by atoms with Gasteiger partial charge in [0.25, 0.3) is 0 Å². The molecule has 1 aliphatic heterocycles.